The standard InChI is InChI=1S/C25H31BrN6/c1-2-6-19-8-3-10-23(19)31-12-5-9-20(17-31)22-13-24(28-15-18-7-4-11-27-14-18)32-25(30-22)21(26)16-29-32/h2,4,7,11,13-14,16,19-20,23,28H,1,3,5-6,8-10,12,15,17H2. The van der Waals surface area contributed by atoms with E-state index in [1.807, 2.05) is 23.0 Å². The molecule has 168 valence electrons. The minimum atomic E-state index is 0.444. The Bertz CT molecular complexity index is 1060. The van der Waals surface area contributed by atoms with Gasteiger partial charge in [0.2, 0.25) is 0 Å². The molecule has 3 unspecified atom stereocenters. The molecule has 0 bridgehead atoms. The lowest BCUT2D eigenvalue weighted by Crippen LogP contribution is -2.43. The van der Waals surface area contributed by atoms with Crippen LogP contribution < -0.4 is 5.32 Å². The van der Waals surface area contributed by atoms with Gasteiger partial charge in [-0.2, -0.15) is 9.61 Å². The first-order valence-electron chi connectivity index (χ1n) is 11.7. The second kappa shape index (κ2) is 9.71. The maximum Gasteiger partial charge on any atom is 0.171 e. The first-order chi connectivity index (χ1) is 15.7. The molecule has 4 heterocycles. The molecule has 1 aliphatic heterocycles. The number of likely N-dealkylation sites (tertiary alicyclic amines) is 1. The number of fused-ring (bicyclic) bond motifs is 1. The molecule has 0 aromatic carbocycles. The van der Waals surface area contributed by atoms with Gasteiger partial charge in [0, 0.05) is 43.5 Å². The predicted molar refractivity (Wildman–Crippen MR) is 132 cm³/mol. The summed E-state index contributed by atoms with van der Waals surface area (Å²) in [7, 11) is 0. The van der Waals surface area contributed by atoms with E-state index in [-0.39, 0.29) is 0 Å². The van der Waals surface area contributed by atoms with Crippen molar-refractivity contribution in [1.82, 2.24) is 24.5 Å². The molecular weight excluding hydrogens is 464 g/mol. The fourth-order valence-corrected chi connectivity index (χ4v) is 5.87. The topological polar surface area (TPSA) is 58.4 Å². The van der Waals surface area contributed by atoms with Crippen molar-refractivity contribution in [2.45, 2.75) is 57.0 Å². The Labute approximate surface area is 198 Å². The molecular formula is C25H31BrN6. The van der Waals surface area contributed by atoms with Crippen LogP contribution in [0.2, 0.25) is 0 Å². The fourth-order valence-electron chi connectivity index (χ4n) is 5.52. The Kier molecular flexibility index (Phi) is 6.55. The molecule has 0 radical (unpaired) electrons. The molecule has 0 amide bonds. The number of allylic oxidation sites excluding steroid dienone is 1. The highest BCUT2D eigenvalue weighted by Gasteiger charge is 2.34. The number of aromatic nitrogens is 4. The third-order valence-corrected chi connectivity index (χ3v) is 7.63. The third-order valence-electron chi connectivity index (χ3n) is 7.07. The zero-order chi connectivity index (χ0) is 21.9. The van der Waals surface area contributed by atoms with Crippen LogP contribution in [-0.2, 0) is 6.54 Å². The van der Waals surface area contributed by atoms with Gasteiger partial charge in [-0.25, -0.2) is 4.98 Å². The summed E-state index contributed by atoms with van der Waals surface area (Å²) in [6.07, 6.45) is 15.2. The Morgan fingerprint density at radius 3 is 3.00 bits per heavy atom. The van der Waals surface area contributed by atoms with Crippen molar-refractivity contribution in [2.75, 3.05) is 18.4 Å². The molecule has 1 saturated heterocycles. The number of piperidine rings is 1. The lowest BCUT2D eigenvalue weighted by Gasteiger charge is -2.39. The molecule has 1 aliphatic carbocycles. The Morgan fingerprint density at radius 1 is 1.22 bits per heavy atom. The molecule has 1 saturated carbocycles. The number of hydrogen-bond acceptors (Lipinski definition) is 5. The molecule has 0 spiro atoms. The van der Waals surface area contributed by atoms with E-state index in [9.17, 15) is 0 Å². The van der Waals surface area contributed by atoms with Gasteiger partial charge in [-0.1, -0.05) is 18.6 Å². The van der Waals surface area contributed by atoms with Gasteiger partial charge in [-0.15, -0.1) is 6.58 Å². The van der Waals surface area contributed by atoms with Gasteiger partial charge in [-0.05, 0) is 72.1 Å². The van der Waals surface area contributed by atoms with Crippen molar-refractivity contribution in [3.05, 3.63) is 65.2 Å². The highest BCUT2D eigenvalue weighted by molar-refractivity contribution is 9.10. The second-order valence-corrected chi connectivity index (χ2v) is 9.98. The van der Waals surface area contributed by atoms with Crippen LogP contribution >= 0.6 is 15.9 Å². The van der Waals surface area contributed by atoms with Gasteiger partial charge < -0.3 is 5.32 Å². The number of rotatable bonds is 7. The summed E-state index contributed by atoms with van der Waals surface area (Å²) in [5.74, 6) is 2.18. The van der Waals surface area contributed by atoms with Crippen LogP contribution in [0, 0.1) is 5.92 Å². The number of halogens is 1. The Morgan fingerprint density at radius 2 is 2.16 bits per heavy atom. The van der Waals surface area contributed by atoms with Crippen molar-refractivity contribution in [3.63, 3.8) is 0 Å². The van der Waals surface area contributed by atoms with Gasteiger partial charge in [0.1, 0.15) is 5.82 Å². The molecule has 6 nitrogen and oxygen atoms in total. The average Bonchev–Trinajstić information content (AvgIpc) is 3.45. The minimum Gasteiger partial charge on any atom is -0.366 e. The van der Waals surface area contributed by atoms with Crippen molar-refractivity contribution in [3.8, 4) is 0 Å². The van der Waals surface area contributed by atoms with E-state index in [0.29, 0.717) is 18.5 Å². The van der Waals surface area contributed by atoms with Crippen LogP contribution in [0.25, 0.3) is 5.65 Å². The fraction of sp³-hybridized carbons (Fsp3) is 0.480. The Hall–Kier alpha value is -2.25. The smallest absolute Gasteiger partial charge is 0.171 e. The molecule has 32 heavy (non-hydrogen) atoms. The number of nitrogens with one attached hydrogen (secondary N) is 1. The zero-order valence-corrected chi connectivity index (χ0v) is 20.0. The molecule has 2 aliphatic rings. The van der Waals surface area contributed by atoms with E-state index in [1.165, 1.54) is 38.6 Å². The normalized spacial score (nSPS) is 24.1. The van der Waals surface area contributed by atoms with Crippen LogP contribution in [-0.4, -0.2) is 43.6 Å². The van der Waals surface area contributed by atoms with Crippen molar-refractivity contribution in [1.29, 1.82) is 0 Å². The largest absolute Gasteiger partial charge is 0.366 e. The first kappa shape index (κ1) is 21.6. The van der Waals surface area contributed by atoms with Crippen molar-refractivity contribution >= 4 is 27.4 Å². The van der Waals surface area contributed by atoms with Crippen LogP contribution in [0.15, 0.2) is 53.9 Å². The highest BCUT2D eigenvalue weighted by Crippen LogP contribution is 2.37. The molecule has 3 aromatic rings. The lowest BCUT2D eigenvalue weighted by molar-refractivity contribution is 0.120. The van der Waals surface area contributed by atoms with Crippen LogP contribution in [0.3, 0.4) is 0 Å². The summed E-state index contributed by atoms with van der Waals surface area (Å²) < 4.78 is 2.82. The minimum absolute atomic E-state index is 0.444. The zero-order valence-electron chi connectivity index (χ0n) is 18.5. The molecule has 1 N–H and O–H groups in total. The van der Waals surface area contributed by atoms with Crippen molar-refractivity contribution < 1.29 is 0 Å². The lowest BCUT2D eigenvalue weighted by atomic mass is 9.90. The SMILES string of the molecule is C=CCC1CCCC1N1CCCC(c2cc(NCc3cccnc3)n3ncc(Br)c3n2)C1. The van der Waals surface area contributed by atoms with Gasteiger partial charge >= 0.3 is 0 Å². The predicted octanol–water partition coefficient (Wildman–Crippen LogP) is 5.42. The van der Waals surface area contributed by atoms with E-state index < -0.39 is 0 Å². The third kappa shape index (κ3) is 4.46. The monoisotopic (exact) mass is 494 g/mol. The van der Waals surface area contributed by atoms with E-state index in [0.717, 1.165) is 46.1 Å². The highest BCUT2D eigenvalue weighted by atomic mass is 79.9. The summed E-state index contributed by atoms with van der Waals surface area (Å²) >= 11 is 3.64. The van der Waals surface area contributed by atoms with Crippen LogP contribution in [0.5, 0.6) is 0 Å². The molecule has 3 aromatic heterocycles. The quantitative estimate of drug-likeness (QED) is 0.444. The summed E-state index contributed by atoms with van der Waals surface area (Å²) in [6.45, 7) is 7.00. The average molecular weight is 495 g/mol. The Balaban J connectivity index is 1.39. The van der Waals surface area contributed by atoms with Crippen molar-refractivity contribution in [2.24, 2.45) is 5.92 Å². The number of hydrogen-bond donors (Lipinski definition) is 1. The van der Waals surface area contributed by atoms with Gasteiger partial charge in [0.05, 0.1) is 16.4 Å². The maximum atomic E-state index is 5.05. The van der Waals surface area contributed by atoms with Crippen LogP contribution in [0.4, 0.5) is 5.82 Å². The second-order valence-electron chi connectivity index (χ2n) is 9.13. The summed E-state index contributed by atoms with van der Waals surface area (Å²) in [6, 6.07) is 6.95. The molecule has 5 rings (SSSR count). The van der Waals surface area contributed by atoms with Crippen LogP contribution in [0.1, 0.15) is 55.7 Å². The molecule has 3 atom stereocenters. The summed E-state index contributed by atoms with van der Waals surface area (Å²) in [5, 5.41) is 8.10. The number of anilines is 1. The summed E-state index contributed by atoms with van der Waals surface area (Å²) in [5.41, 5.74) is 3.18. The van der Waals surface area contributed by atoms with Gasteiger partial charge in [-0.3, -0.25) is 9.88 Å². The number of pyridine rings is 1. The van der Waals surface area contributed by atoms with E-state index in [1.54, 1.807) is 6.20 Å². The van der Waals surface area contributed by atoms with E-state index in [2.05, 4.69) is 61.0 Å². The van der Waals surface area contributed by atoms with Gasteiger partial charge in [0.15, 0.2) is 5.65 Å². The van der Waals surface area contributed by atoms with E-state index in [4.69, 9.17) is 4.98 Å². The first-order valence-corrected chi connectivity index (χ1v) is 12.5. The maximum absolute atomic E-state index is 5.05. The van der Waals surface area contributed by atoms with Gasteiger partial charge in [0.25, 0.3) is 0 Å². The van der Waals surface area contributed by atoms with E-state index >= 15 is 0 Å². The molecule has 7 heteroatoms. The molecule has 2 fully saturated rings. The number of nitrogens with zero attached hydrogens (tertiary/aromatic N) is 5. The summed E-state index contributed by atoms with van der Waals surface area (Å²) in [4.78, 5) is 12.0.